The molecule has 0 fully saturated rings. The lowest BCUT2D eigenvalue weighted by molar-refractivity contribution is -0.742. The van der Waals surface area contributed by atoms with Gasteiger partial charge in [-0.2, -0.15) is 0 Å². The number of esters is 1. The van der Waals surface area contributed by atoms with Crippen molar-refractivity contribution in [2.24, 2.45) is 23.4 Å². The molecule has 0 saturated heterocycles. The van der Waals surface area contributed by atoms with E-state index in [0.717, 1.165) is 29.7 Å². The number of aromatic amines is 1. The molecular weight excluding hydrogens is 382 g/mol. The van der Waals surface area contributed by atoms with Gasteiger partial charge in [-0.3, -0.25) is 4.52 Å². The number of aryl methyl sites for hydroxylation is 1. The lowest BCUT2D eigenvalue weighted by atomic mass is 9.72. The van der Waals surface area contributed by atoms with Crippen LogP contribution in [0.1, 0.15) is 60.6 Å². The van der Waals surface area contributed by atoms with Crippen LogP contribution in [0.4, 0.5) is 5.00 Å². The Kier molecular flexibility index (Phi) is 5.47. The van der Waals surface area contributed by atoms with E-state index >= 15 is 0 Å². The van der Waals surface area contributed by atoms with E-state index in [4.69, 9.17) is 4.74 Å². The molecule has 0 amide bonds. The van der Waals surface area contributed by atoms with E-state index in [2.05, 4.69) is 35.6 Å². The molecule has 1 aliphatic carbocycles. The zero-order valence-corrected chi connectivity index (χ0v) is 17.6. The van der Waals surface area contributed by atoms with Gasteiger partial charge in [0.15, 0.2) is 7.05 Å². The van der Waals surface area contributed by atoms with Crippen molar-refractivity contribution in [2.45, 2.75) is 47.0 Å². The first-order valence-corrected chi connectivity index (χ1v) is 10.1. The van der Waals surface area contributed by atoms with Crippen molar-refractivity contribution in [3.63, 3.8) is 0 Å². The van der Waals surface area contributed by atoms with Crippen LogP contribution in [0.25, 0.3) is 0 Å². The standard InChI is InChI=1S/C19H25N3O5S/c1-6-26-17(24)13-11-8-7-10(19(2,3)4)9-12(11)28-16(13)20-15(23)14-18(25)27-21-22(14)5/h10H,6-9H2,1-5H3,(H-,20,21,23,24,25). The highest BCUT2D eigenvalue weighted by Gasteiger charge is 2.34. The first kappa shape index (κ1) is 20.3. The maximum atomic E-state index is 12.6. The number of carbonyl (C=O) groups excluding carboxylic acids is 1. The molecule has 1 atom stereocenters. The second-order valence-electron chi connectivity index (χ2n) is 8.02. The van der Waals surface area contributed by atoms with Gasteiger partial charge in [0.1, 0.15) is 5.00 Å². The lowest BCUT2D eigenvalue weighted by Crippen LogP contribution is -2.43. The summed E-state index contributed by atoms with van der Waals surface area (Å²) in [5.41, 5.74) is 0.388. The Balaban J connectivity index is 2.08. The Morgan fingerprint density at radius 3 is 2.75 bits per heavy atom. The van der Waals surface area contributed by atoms with Crippen molar-refractivity contribution < 1.29 is 23.8 Å². The predicted molar refractivity (Wildman–Crippen MR) is 102 cm³/mol. The number of nitrogens with zero attached hydrogens (tertiary/aromatic N) is 2. The molecule has 28 heavy (non-hydrogen) atoms. The van der Waals surface area contributed by atoms with Gasteiger partial charge >= 0.3 is 17.3 Å². The Bertz CT molecular complexity index is 977. The highest BCUT2D eigenvalue weighted by Crippen LogP contribution is 2.45. The molecule has 2 heterocycles. The summed E-state index contributed by atoms with van der Waals surface area (Å²) in [5.74, 6) is -0.757. The van der Waals surface area contributed by atoms with Crippen LogP contribution in [0.2, 0.25) is 0 Å². The van der Waals surface area contributed by atoms with Gasteiger partial charge in [-0.05, 0) is 48.4 Å². The summed E-state index contributed by atoms with van der Waals surface area (Å²) >= 11 is 1.33. The topological polar surface area (TPSA) is 112 Å². The highest BCUT2D eigenvalue weighted by molar-refractivity contribution is 7.16. The molecule has 152 valence electrons. The summed E-state index contributed by atoms with van der Waals surface area (Å²) < 4.78 is 11.0. The fourth-order valence-electron chi connectivity index (χ4n) is 3.52. The normalized spacial score (nSPS) is 17.5. The lowest BCUT2D eigenvalue weighted by Gasteiger charge is -2.33. The van der Waals surface area contributed by atoms with Gasteiger partial charge in [0.2, 0.25) is 0 Å². The third-order valence-electron chi connectivity index (χ3n) is 5.16. The summed E-state index contributed by atoms with van der Waals surface area (Å²) in [7, 11) is 1.48. The van der Waals surface area contributed by atoms with E-state index in [1.165, 1.54) is 23.1 Å². The molecule has 9 heteroatoms. The molecule has 3 rings (SSSR count). The van der Waals surface area contributed by atoms with E-state index in [1.807, 2.05) is 0 Å². The average Bonchev–Trinajstić information content (AvgIpc) is 3.12. The number of H-pyrrole nitrogens is 1. The first-order chi connectivity index (χ1) is 13.1. The number of ether oxygens (including phenoxy) is 1. The molecule has 8 nitrogen and oxygen atoms in total. The van der Waals surface area contributed by atoms with E-state index in [9.17, 15) is 14.7 Å². The van der Waals surface area contributed by atoms with Crippen LogP contribution in [0.3, 0.4) is 0 Å². The Labute approximate surface area is 166 Å². The first-order valence-electron chi connectivity index (χ1n) is 9.28. The van der Waals surface area contributed by atoms with E-state index in [1.54, 1.807) is 6.92 Å². The molecule has 0 spiro atoms. The van der Waals surface area contributed by atoms with Crippen molar-refractivity contribution in [1.82, 2.24) is 5.27 Å². The molecule has 0 aromatic carbocycles. The molecule has 1 N–H and O–H groups in total. The fraction of sp³-hybridized carbons (Fsp3) is 0.579. The van der Waals surface area contributed by atoms with Crippen LogP contribution in [0.5, 0.6) is 0 Å². The zero-order chi connectivity index (χ0) is 20.6. The third kappa shape index (κ3) is 3.76. The smallest absolute Gasteiger partial charge is 0.435 e. The van der Waals surface area contributed by atoms with Crippen LogP contribution in [0, 0.1) is 11.3 Å². The van der Waals surface area contributed by atoms with Crippen molar-refractivity contribution in [1.29, 1.82) is 0 Å². The van der Waals surface area contributed by atoms with Crippen molar-refractivity contribution >= 4 is 28.2 Å². The second kappa shape index (κ2) is 7.54. The number of rotatable bonds is 4. The number of aromatic nitrogens is 2. The minimum atomic E-state index is -0.803. The molecule has 2 aromatic rings. The minimum absolute atomic E-state index is 0.150. The molecular formula is C19H25N3O5S. The van der Waals surface area contributed by atoms with Gasteiger partial charge in [0.25, 0.3) is 0 Å². The van der Waals surface area contributed by atoms with Gasteiger partial charge < -0.3 is 9.84 Å². The van der Waals surface area contributed by atoms with E-state index in [0.29, 0.717) is 16.5 Å². The van der Waals surface area contributed by atoms with Crippen molar-refractivity contribution in [3.8, 4) is 0 Å². The number of aliphatic imine (C=N–C) groups is 1. The maximum absolute atomic E-state index is 12.6. The zero-order valence-electron chi connectivity index (χ0n) is 16.7. The molecule has 0 saturated carbocycles. The summed E-state index contributed by atoms with van der Waals surface area (Å²) in [5, 5.41) is 15.2. The van der Waals surface area contributed by atoms with Crippen LogP contribution in [-0.2, 0) is 24.6 Å². The Hall–Kier alpha value is -2.42. The van der Waals surface area contributed by atoms with Crippen LogP contribution in [-0.4, -0.2) is 23.7 Å². The van der Waals surface area contributed by atoms with E-state index in [-0.39, 0.29) is 17.7 Å². The summed E-state index contributed by atoms with van der Waals surface area (Å²) in [6.45, 7) is 8.60. The van der Waals surface area contributed by atoms with Gasteiger partial charge in [-0.1, -0.05) is 25.5 Å². The number of nitrogens with one attached hydrogen (secondary N) is 1. The van der Waals surface area contributed by atoms with Crippen LogP contribution in [0.15, 0.2) is 14.3 Å². The van der Waals surface area contributed by atoms with E-state index < -0.39 is 17.5 Å². The Morgan fingerprint density at radius 2 is 2.18 bits per heavy atom. The van der Waals surface area contributed by atoms with Gasteiger partial charge in [-0.15, -0.1) is 11.3 Å². The molecule has 1 aliphatic rings. The molecule has 0 radical (unpaired) electrons. The Morgan fingerprint density at radius 1 is 1.46 bits per heavy atom. The number of fused-ring (bicyclic) bond motifs is 1. The predicted octanol–water partition coefficient (Wildman–Crippen LogP) is 1.62. The van der Waals surface area contributed by atoms with Crippen LogP contribution < -0.4 is 15.4 Å². The number of carbonyl (C=O) groups is 1. The maximum Gasteiger partial charge on any atom is 0.435 e. The number of thiophene rings is 1. The van der Waals surface area contributed by atoms with Crippen molar-refractivity contribution in [3.05, 3.63) is 32.1 Å². The molecule has 0 aliphatic heterocycles. The number of hydrogen-bond acceptors (Lipinski definition) is 7. The monoisotopic (exact) mass is 407 g/mol. The molecule has 0 bridgehead atoms. The average molecular weight is 407 g/mol. The molecule has 1 unspecified atom stereocenters. The van der Waals surface area contributed by atoms with Gasteiger partial charge in [0, 0.05) is 4.88 Å². The molecule has 2 aromatic heterocycles. The largest absolute Gasteiger partial charge is 0.854 e. The SMILES string of the molecule is CCOC(=O)c1c(/N=C(\[O-])c2c(=O)o[nH][n+]2C)sc2c1CCC(C(C)(C)C)C2. The van der Waals surface area contributed by atoms with Crippen LogP contribution >= 0.6 is 11.3 Å². The highest BCUT2D eigenvalue weighted by atomic mass is 32.1. The van der Waals surface area contributed by atoms with Gasteiger partial charge in [-0.25, -0.2) is 14.6 Å². The summed E-state index contributed by atoms with van der Waals surface area (Å²) in [6, 6.07) is 0. The van der Waals surface area contributed by atoms with Gasteiger partial charge in [0.05, 0.1) is 18.1 Å². The fourth-order valence-corrected chi connectivity index (χ4v) is 4.80. The second-order valence-corrected chi connectivity index (χ2v) is 9.10. The summed E-state index contributed by atoms with van der Waals surface area (Å²) in [4.78, 5) is 29.5. The quantitative estimate of drug-likeness (QED) is 0.358. The summed E-state index contributed by atoms with van der Waals surface area (Å²) in [6.07, 6.45) is 2.54. The minimum Gasteiger partial charge on any atom is -0.854 e. The third-order valence-corrected chi connectivity index (χ3v) is 6.31. The van der Waals surface area contributed by atoms with Crippen molar-refractivity contribution in [2.75, 3.05) is 6.61 Å². The number of hydrogen-bond donors (Lipinski definition) is 1.